The van der Waals surface area contributed by atoms with Crippen molar-refractivity contribution in [1.29, 1.82) is 0 Å². The van der Waals surface area contributed by atoms with Gasteiger partial charge >= 0.3 is 0 Å². The third-order valence-corrected chi connectivity index (χ3v) is 3.20. The second-order valence-electron chi connectivity index (χ2n) is 4.20. The second-order valence-corrected chi connectivity index (χ2v) is 4.56. The van der Waals surface area contributed by atoms with E-state index < -0.39 is 0 Å². The van der Waals surface area contributed by atoms with Gasteiger partial charge in [0.25, 0.3) is 0 Å². The predicted octanol–water partition coefficient (Wildman–Crippen LogP) is 2.99. The van der Waals surface area contributed by atoms with Crippen molar-refractivity contribution in [2.45, 2.75) is 6.92 Å². The number of aromatic nitrogens is 4. The number of hydrogen-bond acceptors (Lipinski definition) is 3. The fraction of sp³-hybridized carbons (Fsp3) is 0.154. The van der Waals surface area contributed by atoms with E-state index in [-0.39, 0.29) is 0 Å². The summed E-state index contributed by atoms with van der Waals surface area (Å²) >= 11 is 6.03. The van der Waals surface area contributed by atoms with Crippen LogP contribution < -0.4 is 0 Å². The van der Waals surface area contributed by atoms with Gasteiger partial charge in [-0.1, -0.05) is 41.4 Å². The zero-order valence-electron chi connectivity index (χ0n) is 10.1. The quantitative estimate of drug-likeness (QED) is 0.630. The summed E-state index contributed by atoms with van der Waals surface area (Å²) in [5, 5.41) is 0.383. The Labute approximate surface area is 109 Å². The monoisotopic (exact) mass is 258 g/mol. The van der Waals surface area contributed by atoms with E-state index in [1.807, 2.05) is 23.7 Å². The number of fused-ring (bicyclic) bond motifs is 1. The molecule has 18 heavy (non-hydrogen) atoms. The Bertz CT molecular complexity index is 716. The minimum absolute atomic E-state index is 0.383. The molecule has 4 nitrogen and oxygen atoms in total. The fourth-order valence-corrected chi connectivity index (χ4v) is 2.10. The van der Waals surface area contributed by atoms with Gasteiger partial charge in [0.1, 0.15) is 17.7 Å². The summed E-state index contributed by atoms with van der Waals surface area (Å²) in [5.41, 5.74) is 3.63. The van der Waals surface area contributed by atoms with Crippen molar-refractivity contribution >= 4 is 22.8 Å². The van der Waals surface area contributed by atoms with Crippen LogP contribution in [0.1, 0.15) is 5.56 Å². The standard InChI is InChI=1S/C13H11ClN4/c1-8-3-5-9(6-4-8)12-17-10-11(14)15-7-16-13(10)18(12)2/h3-7H,1-2H3. The van der Waals surface area contributed by atoms with Crippen LogP contribution in [0, 0.1) is 6.92 Å². The van der Waals surface area contributed by atoms with Gasteiger partial charge in [-0.05, 0) is 6.92 Å². The minimum atomic E-state index is 0.383. The van der Waals surface area contributed by atoms with Gasteiger partial charge in [-0.3, -0.25) is 0 Å². The molecule has 0 aliphatic heterocycles. The first kappa shape index (κ1) is 11.2. The zero-order valence-corrected chi connectivity index (χ0v) is 10.8. The van der Waals surface area contributed by atoms with Gasteiger partial charge in [-0.15, -0.1) is 0 Å². The van der Waals surface area contributed by atoms with Gasteiger partial charge in [0, 0.05) is 12.6 Å². The molecule has 0 bridgehead atoms. The predicted molar refractivity (Wildman–Crippen MR) is 71.5 cm³/mol. The minimum Gasteiger partial charge on any atom is -0.312 e. The van der Waals surface area contributed by atoms with Crippen LogP contribution in [0.3, 0.4) is 0 Å². The Kier molecular flexibility index (Phi) is 2.52. The molecule has 0 aliphatic carbocycles. The largest absolute Gasteiger partial charge is 0.312 e. The molecule has 90 valence electrons. The van der Waals surface area contributed by atoms with Crippen molar-refractivity contribution in [1.82, 2.24) is 19.5 Å². The molecular formula is C13H11ClN4. The van der Waals surface area contributed by atoms with Crippen LogP contribution in [0.25, 0.3) is 22.6 Å². The summed E-state index contributed by atoms with van der Waals surface area (Å²) in [4.78, 5) is 12.7. The Morgan fingerprint density at radius 2 is 1.83 bits per heavy atom. The molecule has 0 unspecified atom stereocenters. The van der Waals surface area contributed by atoms with E-state index >= 15 is 0 Å². The van der Waals surface area contributed by atoms with Crippen molar-refractivity contribution in [2.75, 3.05) is 0 Å². The molecule has 0 aliphatic rings. The summed E-state index contributed by atoms with van der Waals surface area (Å²) < 4.78 is 1.92. The number of nitrogens with zero attached hydrogens (tertiary/aromatic N) is 4. The third kappa shape index (κ3) is 1.66. The molecule has 0 saturated carbocycles. The van der Waals surface area contributed by atoms with E-state index in [0.29, 0.717) is 10.7 Å². The van der Waals surface area contributed by atoms with Gasteiger partial charge < -0.3 is 4.57 Å². The van der Waals surface area contributed by atoms with E-state index in [9.17, 15) is 0 Å². The SMILES string of the molecule is Cc1ccc(-c2nc3c(Cl)ncnc3n2C)cc1. The van der Waals surface area contributed by atoms with Crippen molar-refractivity contribution in [3.05, 3.63) is 41.3 Å². The topological polar surface area (TPSA) is 43.6 Å². The maximum Gasteiger partial charge on any atom is 0.165 e. The van der Waals surface area contributed by atoms with Gasteiger partial charge in [0.05, 0.1) is 0 Å². The average molecular weight is 259 g/mol. The van der Waals surface area contributed by atoms with E-state index in [0.717, 1.165) is 17.0 Å². The molecule has 0 saturated heterocycles. The maximum absolute atomic E-state index is 6.03. The molecule has 0 radical (unpaired) electrons. The number of benzene rings is 1. The summed E-state index contributed by atoms with van der Waals surface area (Å²) in [6, 6.07) is 8.19. The van der Waals surface area contributed by atoms with Gasteiger partial charge in [-0.2, -0.15) is 0 Å². The number of imidazole rings is 1. The van der Waals surface area contributed by atoms with E-state index in [1.165, 1.54) is 11.9 Å². The lowest BCUT2D eigenvalue weighted by Crippen LogP contribution is -1.94. The van der Waals surface area contributed by atoms with Crippen LogP contribution in [0.4, 0.5) is 0 Å². The molecule has 0 atom stereocenters. The molecule has 2 aromatic heterocycles. The van der Waals surface area contributed by atoms with E-state index in [4.69, 9.17) is 11.6 Å². The number of halogens is 1. The van der Waals surface area contributed by atoms with Crippen LogP contribution in [0.2, 0.25) is 5.15 Å². The number of aryl methyl sites for hydroxylation is 2. The van der Waals surface area contributed by atoms with Gasteiger partial charge in [-0.25, -0.2) is 15.0 Å². The van der Waals surface area contributed by atoms with Crippen molar-refractivity contribution in [3.8, 4) is 11.4 Å². The molecule has 5 heteroatoms. The molecule has 2 heterocycles. The smallest absolute Gasteiger partial charge is 0.165 e. The molecular weight excluding hydrogens is 248 g/mol. The highest BCUT2D eigenvalue weighted by atomic mass is 35.5. The summed E-state index contributed by atoms with van der Waals surface area (Å²) in [6.45, 7) is 2.06. The Morgan fingerprint density at radius 1 is 1.11 bits per heavy atom. The first-order valence-corrected chi connectivity index (χ1v) is 5.94. The average Bonchev–Trinajstić information content (AvgIpc) is 2.70. The van der Waals surface area contributed by atoms with Crippen LogP contribution in [0.5, 0.6) is 0 Å². The first-order chi connectivity index (χ1) is 8.66. The van der Waals surface area contributed by atoms with E-state index in [1.54, 1.807) is 0 Å². The second kappa shape index (κ2) is 4.07. The normalized spacial score (nSPS) is 11.1. The Hall–Kier alpha value is -1.94. The zero-order chi connectivity index (χ0) is 12.7. The van der Waals surface area contributed by atoms with Crippen molar-refractivity contribution in [2.24, 2.45) is 7.05 Å². The molecule has 0 spiro atoms. The Morgan fingerprint density at radius 3 is 2.50 bits per heavy atom. The maximum atomic E-state index is 6.03. The summed E-state index contributed by atoms with van der Waals surface area (Å²) in [6.07, 6.45) is 1.45. The van der Waals surface area contributed by atoms with Crippen LogP contribution >= 0.6 is 11.6 Å². The summed E-state index contributed by atoms with van der Waals surface area (Å²) in [7, 11) is 1.92. The van der Waals surface area contributed by atoms with Gasteiger partial charge in [0.15, 0.2) is 10.8 Å². The highest BCUT2D eigenvalue weighted by Crippen LogP contribution is 2.25. The molecule has 3 aromatic rings. The lowest BCUT2D eigenvalue weighted by molar-refractivity contribution is 0.938. The van der Waals surface area contributed by atoms with Crippen LogP contribution in [0.15, 0.2) is 30.6 Å². The molecule has 0 amide bonds. The molecule has 3 rings (SSSR count). The molecule has 1 aromatic carbocycles. The highest BCUT2D eigenvalue weighted by Gasteiger charge is 2.13. The lowest BCUT2D eigenvalue weighted by atomic mass is 10.1. The van der Waals surface area contributed by atoms with Crippen molar-refractivity contribution < 1.29 is 0 Å². The lowest BCUT2D eigenvalue weighted by Gasteiger charge is -2.02. The molecule has 0 fully saturated rings. The number of hydrogen-bond donors (Lipinski definition) is 0. The molecule has 0 N–H and O–H groups in total. The highest BCUT2D eigenvalue weighted by molar-refractivity contribution is 6.33. The van der Waals surface area contributed by atoms with Gasteiger partial charge in [0.2, 0.25) is 0 Å². The van der Waals surface area contributed by atoms with E-state index in [2.05, 4.69) is 34.0 Å². The van der Waals surface area contributed by atoms with Crippen molar-refractivity contribution in [3.63, 3.8) is 0 Å². The number of rotatable bonds is 1. The van der Waals surface area contributed by atoms with Crippen LogP contribution in [-0.2, 0) is 7.05 Å². The third-order valence-electron chi connectivity index (χ3n) is 2.92. The summed E-state index contributed by atoms with van der Waals surface area (Å²) in [5.74, 6) is 0.840. The fourth-order valence-electron chi connectivity index (χ4n) is 1.93. The van der Waals surface area contributed by atoms with Crippen LogP contribution in [-0.4, -0.2) is 19.5 Å². The first-order valence-electron chi connectivity index (χ1n) is 5.57. The Balaban J connectivity index is 2.27.